The van der Waals surface area contributed by atoms with Crippen molar-refractivity contribution >= 4 is 17.2 Å². The van der Waals surface area contributed by atoms with Crippen LogP contribution in [0.15, 0.2) is 77.0 Å². The molecule has 0 aliphatic carbocycles. The zero-order valence-corrected chi connectivity index (χ0v) is 14.6. The van der Waals surface area contributed by atoms with Gasteiger partial charge >= 0.3 is 0 Å². The molecule has 0 saturated heterocycles. The highest BCUT2D eigenvalue weighted by Crippen LogP contribution is 2.23. The Morgan fingerprint density at radius 2 is 2.08 bits per heavy atom. The highest BCUT2D eigenvalue weighted by molar-refractivity contribution is 7.13. The van der Waals surface area contributed by atoms with Crippen LogP contribution in [0.4, 0.5) is 0 Å². The van der Waals surface area contributed by atoms with Crippen LogP contribution in [-0.4, -0.2) is 27.2 Å². The van der Waals surface area contributed by atoms with Crippen molar-refractivity contribution < 1.29 is 9.21 Å². The second-order valence-corrected chi connectivity index (χ2v) is 6.49. The molecule has 3 aromatic heterocycles. The summed E-state index contributed by atoms with van der Waals surface area (Å²) in [4.78, 5) is 17.0. The van der Waals surface area contributed by atoms with Gasteiger partial charge in [-0.3, -0.25) is 9.48 Å². The van der Waals surface area contributed by atoms with Crippen LogP contribution in [0.5, 0.6) is 0 Å². The SMILES string of the molecule is O=C(NC[C@H](c1ccco1)n1cccn1)c1csc(-c2ccccc2)n1. The molecule has 0 aliphatic heterocycles. The van der Waals surface area contributed by atoms with E-state index in [2.05, 4.69) is 15.4 Å². The molecule has 1 N–H and O–H groups in total. The van der Waals surface area contributed by atoms with Crippen LogP contribution in [0.2, 0.25) is 0 Å². The van der Waals surface area contributed by atoms with Gasteiger partial charge in [-0.25, -0.2) is 4.98 Å². The van der Waals surface area contributed by atoms with Gasteiger partial charge in [-0.05, 0) is 18.2 Å². The number of amides is 1. The minimum atomic E-state index is -0.216. The summed E-state index contributed by atoms with van der Waals surface area (Å²) in [5.74, 6) is 0.518. The van der Waals surface area contributed by atoms with Gasteiger partial charge in [0.2, 0.25) is 0 Å². The lowest BCUT2D eigenvalue weighted by atomic mass is 10.2. The van der Waals surface area contributed by atoms with Gasteiger partial charge in [0.05, 0.1) is 6.26 Å². The molecule has 0 radical (unpaired) electrons. The molecule has 1 atom stereocenters. The number of nitrogens with zero attached hydrogens (tertiary/aromatic N) is 3. The lowest BCUT2D eigenvalue weighted by Crippen LogP contribution is -2.31. The van der Waals surface area contributed by atoms with E-state index in [9.17, 15) is 4.79 Å². The molecule has 4 aromatic rings. The molecule has 0 saturated carbocycles. The van der Waals surface area contributed by atoms with Gasteiger partial charge in [-0.1, -0.05) is 30.3 Å². The van der Waals surface area contributed by atoms with E-state index in [1.807, 2.05) is 54.7 Å². The lowest BCUT2D eigenvalue weighted by molar-refractivity contribution is 0.0944. The van der Waals surface area contributed by atoms with Crippen molar-refractivity contribution in [1.82, 2.24) is 20.1 Å². The Balaban J connectivity index is 1.47. The van der Waals surface area contributed by atoms with Gasteiger partial charge in [-0.15, -0.1) is 11.3 Å². The quantitative estimate of drug-likeness (QED) is 0.567. The van der Waals surface area contributed by atoms with Gasteiger partial charge in [0, 0.05) is 29.9 Å². The van der Waals surface area contributed by atoms with Crippen molar-refractivity contribution in [3.8, 4) is 10.6 Å². The number of benzene rings is 1. The summed E-state index contributed by atoms with van der Waals surface area (Å²) in [6.07, 6.45) is 5.15. The first-order chi connectivity index (χ1) is 12.8. The van der Waals surface area contributed by atoms with Crippen molar-refractivity contribution in [3.63, 3.8) is 0 Å². The van der Waals surface area contributed by atoms with Gasteiger partial charge in [0.25, 0.3) is 5.91 Å². The Morgan fingerprint density at radius 3 is 2.81 bits per heavy atom. The fraction of sp³-hybridized carbons (Fsp3) is 0.105. The van der Waals surface area contributed by atoms with E-state index in [4.69, 9.17) is 4.42 Å². The third-order valence-electron chi connectivity index (χ3n) is 3.93. The van der Waals surface area contributed by atoms with Gasteiger partial charge < -0.3 is 9.73 Å². The molecule has 0 aliphatic rings. The minimum absolute atomic E-state index is 0.212. The van der Waals surface area contributed by atoms with Crippen molar-refractivity contribution in [2.75, 3.05) is 6.54 Å². The normalized spacial score (nSPS) is 12.0. The molecule has 0 fully saturated rings. The number of carbonyl (C=O) groups is 1. The Labute approximate surface area is 154 Å². The summed E-state index contributed by atoms with van der Waals surface area (Å²) in [6, 6.07) is 15.1. The van der Waals surface area contributed by atoms with Gasteiger partial charge in [0.1, 0.15) is 22.5 Å². The summed E-state index contributed by atoms with van der Waals surface area (Å²) in [5, 5.41) is 9.78. The van der Waals surface area contributed by atoms with Crippen molar-refractivity contribution in [2.24, 2.45) is 0 Å². The number of aromatic nitrogens is 3. The molecular formula is C19H16N4O2S. The smallest absolute Gasteiger partial charge is 0.270 e. The molecular weight excluding hydrogens is 348 g/mol. The maximum absolute atomic E-state index is 12.5. The summed E-state index contributed by atoms with van der Waals surface area (Å²) in [7, 11) is 0. The number of carbonyl (C=O) groups excluding carboxylic acids is 1. The van der Waals surface area contributed by atoms with Crippen LogP contribution >= 0.6 is 11.3 Å². The maximum atomic E-state index is 12.5. The van der Waals surface area contributed by atoms with E-state index in [0.717, 1.165) is 16.3 Å². The number of hydrogen-bond donors (Lipinski definition) is 1. The zero-order chi connectivity index (χ0) is 17.8. The van der Waals surface area contributed by atoms with Crippen LogP contribution in [0.3, 0.4) is 0 Å². The molecule has 0 spiro atoms. The monoisotopic (exact) mass is 364 g/mol. The van der Waals surface area contributed by atoms with E-state index in [1.165, 1.54) is 11.3 Å². The Kier molecular flexibility index (Phi) is 4.61. The molecule has 1 aromatic carbocycles. The first-order valence-corrected chi connectivity index (χ1v) is 9.01. The Morgan fingerprint density at radius 1 is 1.19 bits per heavy atom. The first-order valence-electron chi connectivity index (χ1n) is 8.13. The number of nitrogens with one attached hydrogen (secondary N) is 1. The fourth-order valence-electron chi connectivity index (χ4n) is 2.64. The molecule has 7 heteroatoms. The largest absolute Gasteiger partial charge is 0.467 e. The van der Waals surface area contributed by atoms with Crippen molar-refractivity contribution in [3.05, 3.63) is 84.0 Å². The molecule has 0 unspecified atom stereocenters. The van der Waals surface area contributed by atoms with Crippen LogP contribution in [0, 0.1) is 0 Å². The minimum Gasteiger partial charge on any atom is -0.467 e. The van der Waals surface area contributed by atoms with Crippen LogP contribution in [0.25, 0.3) is 10.6 Å². The van der Waals surface area contributed by atoms with Crippen LogP contribution < -0.4 is 5.32 Å². The van der Waals surface area contributed by atoms with E-state index in [1.54, 1.807) is 22.5 Å². The fourth-order valence-corrected chi connectivity index (χ4v) is 3.45. The Bertz CT molecular complexity index is 928. The number of thiazole rings is 1. The van der Waals surface area contributed by atoms with E-state index < -0.39 is 0 Å². The summed E-state index contributed by atoms with van der Waals surface area (Å²) >= 11 is 1.45. The molecule has 6 nitrogen and oxygen atoms in total. The highest BCUT2D eigenvalue weighted by Gasteiger charge is 2.19. The van der Waals surface area contributed by atoms with Gasteiger partial charge in [0.15, 0.2) is 0 Å². The third kappa shape index (κ3) is 3.43. The van der Waals surface area contributed by atoms with Gasteiger partial charge in [-0.2, -0.15) is 5.10 Å². The maximum Gasteiger partial charge on any atom is 0.270 e. The third-order valence-corrected chi connectivity index (χ3v) is 4.82. The summed E-state index contributed by atoms with van der Waals surface area (Å²) in [5.41, 5.74) is 1.41. The molecule has 130 valence electrons. The summed E-state index contributed by atoms with van der Waals surface area (Å²) < 4.78 is 7.25. The second kappa shape index (κ2) is 7.37. The average Bonchev–Trinajstić information content (AvgIpc) is 3.44. The molecule has 4 rings (SSSR count). The van der Waals surface area contributed by atoms with E-state index in [0.29, 0.717) is 12.2 Å². The first kappa shape index (κ1) is 16.3. The predicted molar refractivity (Wildman–Crippen MR) is 99.0 cm³/mol. The standard InChI is InChI=1S/C19H16N4O2S/c24-18(15-13-26-19(22-15)14-6-2-1-3-7-14)20-12-16(17-8-4-11-25-17)23-10-5-9-21-23/h1-11,13,16H,12H2,(H,20,24)/t16-/m1/s1. The molecule has 0 bridgehead atoms. The number of hydrogen-bond acceptors (Lipinski definition) is 5. The van der Waals surface area contributed by atoms with Crippen molar-refractivity contribution in [2.45, 2.75) is 6.04 Å². The number of rotatable bonds is 6. The zero-order valence-electron chi connectivity index (χ0n) is 13.8. The van der Waals surface area contributed by atoms with Crippen molar-refractivity contribution in [1.29, 1.82) is 0 Å². The molecule has 3 heterocycles. The predicted octanol–water partition coefficient (Wildman–Crippen LogP) is 3.62. The molecule has 26 heavy (non-hydrogen) atoms. The van der Waals surface area contributed by atoms with Crippen LogP contribution in [-0.2, 0) is 0 Å². The number of furan rings is 1. The van der Waals surface area contributed by atoms with E-state index >= 15 is 0 Å². The second-order valence-electron chi connectivity index (χ2n) is 5.63. The highest BCUT2D eigenvalue weighted by atomic mass is 32.1. The summed E-state index contributed by atoms with van der Waals surface area (Å²) in [6.45, 7) is 0.353. The van der Waals surface area contributed by atoms with E-state index in [-0.39, 0.29) is 11.9 Å². The Hall–Kier alpha value is -3.19. The van der Waals surface area contributed by atoms with Crippen LogP contribution in [0.1, 0.15) is 22.3 Å². The lowest BCUT2D eigenvalue weighted by Gasteiger charge is -2.15. The topological polar surface area (TPSA) is 73.0 Å². The average molecular weight is 364 g/mol. The molecule has 1 amide bonds.